The van der Waals surface area contributed by atoms with Crippen LogP contribution in [0.5, 0.6) is 0 Å². The van der Waals surface area contributed by atoms with E-state index in [9.17, 15) is 0 Å². The van der Waals surface area contributed by atoms with Gasteiger partial charge in [-0.25, -0.2) is 9.98 Å². The Hall–Kier alpha value is -2.41. The number of benzene rings is 2. The molecular weight excluding hydrogens is 428 g/mol. The van der Waals surface area contributed by atoms with Crippen LogP contribution >= 0.6 is 11.8 Å². The van der Waals surface area contributed by atoms with Crippen LogP contribution in [0.15, 0.2) is 46.4 Å². The normalized spacial score (nSPS) is 18.2. The van der Waals surface area contributed by atoms with Gasteiger partial charge >= 0.3 is 0 Å². The van der Waals surface area contributed by atoms with Crippen LogP contribution in [-0.4, -0.2) is 59.3 Å². The topological polar surface area (TPSA) is 41.0 Å². The molecule has 1 saturated heterocycles. The summed E-state index contributed by atoms with van der Waals surface area (Å²) >= 11 is 1.71. The summed E-state index contributed by atoms with van der Waals surface area (Å²) in [4.78, 5) is 15.1. The summed E-state index contributed by atoms with van der Waals surface area (Å²) in [6.07, 6.45) is 0. The highest BCUT2D eigenvalue weighted by Gasteiger charge is 2.25. The molecular formula is C27H32N4OS. The molecule has 0 bridgehead atoms. The van der Waals surface area contributed by atoms with Crippen LogP contribution in [0.3, 0.4) is 0 Å². The van der Waals surface area contributed by atoms with Crippen LogP contribution in [0, 0.1) is 27.7 Å². The van der Waals surface area contributed by atoms with Crippen molar-refractivity contribution in [2.24, 2.45) is 4.99 Å². The number of amidine groups is 1. The second-order valence-corrected chi connectivity index (χ2v) is 10.2. The summed E-state index contributed by atoms with van der Waals surface area (Å²) in [6.45, 7) is 15.1. The summed E-state index contributed by atoms with van der Waals surface area (Å²) < 4.78 is 5.53. The van der Waals surface area contributed by atoms with Crippen molar-refractivity contribution >= 4 is 33.5 Å². The van der Waals surface area contributed by atoms with E-state index < -0.39 is 0 Å². The van der Waals surface area contributed by atoms with Crippen molar-refractivity contribution in [2.75, 3.05) is 39.4 Å². The zero-order chi connectivity index (χ0) is 22.9. The number of fused-ring (bicyclic) bond motifs is 2. The number of hydrogen-bond acceptors (Lipinski definition) is 5. The highest BCUT2D eigenvalue weighted by molar-refractivity contribution is 8.13. The number of thioether (sulfide) groups is 1. The predicted octanol–water partition coefficient (Wildman–Crippen LogP) is 5.40. The van der Waals surface area contributed by atoms with Gasteiger partial charge in [-0.1, -0.05) is 12.1 Å². The van der Waals surface area contributed by atoms with Crippen molar-refractivity contribution in [3.05, 3.63) is 64.2 Å². The van der Waals surface area contributed by atoms with Crippen molar-refractivity contribution in [3.63, 3.8) is 0 Å². The molecule has 3 aromatic rings. The number of aliphatic imine (C=N–C) groups is 1. The van der Waals surface area contributed by atoms with Crippen molar-refractivity contribution < 1.29 is 4.74 Å². The molecule has 0 aliphatic carbocycles. The van der Waals surface area contributed by atoms with E-state index in [2.05, 4.69) is 73.9 Å². The Morgan fingerprint density at radius 2 is 1.73 bits per heavy atom. The van der Waals surface area contributed by atoms with Crippen molar-refractivity contribution in [3.8, 4) is 0 Å². The molecule has 33 heavy (non-hydrogen) atoms. The van der Waals surface area contributed by atoms with Crippen molar-refractivity contribution in [1.29, 1.82) is 0 Å². The van der Waals surface area contributed by atoms with E-state index in [0.717, 1.165) is 67.3 Å². The fourth-order valence-electron chi connectivity index (χ4n) is 4.39. The molecule has 1 fully saturated rings. The van der Waals surface area contributed by atoms with Crippen LogP contribution in [0.25, 0.3) is 10.9 Å². The van der Waals surface area contributed by atoms with E-state index in [4.69, 9.17) is 14.7 Å². The standard InChI is InChI=1S/C27H32N4OS/c1-18-5-6-19(2)24(13-18)29-27-31(8-7-30-9-11-32-12-10-30)17-23-16-22-14-20(3)21(4)15-25(22)28-26(23)33-27/h5-6,13-16H,7-12,17H2,1-4H3. The Morgan fingerprint density at radius 1 is 0.939 bits per heavy atom. The van der Waals surface area contributed by atoms with E-state index in [-0.39, 0.29) is 0 Å². The maximum atomic E-state index is 5.53. The number of aryl methyl sites for hydroxylation is 4. The quantitative estimate of drug-likeness (QED) is 0.522. The molecule has 0 N–H and O–H groups in total. The number of nitrogens with zero attached hydrogens (tertiary/aromatic N) is 4. The fourth-order valence-corrected chi connectivity index (χ4v) is 5.39. The maximum Gasteiger partial charge on any atom is 0.171 e. The third-order valence-electron chi connectivity index (χ3n) is 6.66. The smallest absolute Gasteiger partial charge is 0.171 e. The van der Waals surface area contributed by atoms with Gasteiger partial charge in [0.15, 0.2) is 5.17 Å². The molecule has 6 heteroatoms. The molecule has 0 amide bonds. The largest absolute Gasteiger partial charge is 0.379 e. The fraction of sp³-hybridized carbons (Fsp3) is 0.407. The van der Waals surface area contributed by atoms with Gasteiger partial charge in [0.2, 0.25) is 0 Å². The van der Waals surface area contributed by atoms with Gasteiger partial charge in [0.05, 0.1) is 24.4 Å². The lowest BCUT2D eigenvalue weighted by Gasteiger charge is -2.34. The van der Waals surface area contributed by atoms with Gasteiger partial charge < -0.3 is 9.64 Å². The first-order chi connectivity index (χ1) is 16.0. The van der Waals surface area contributed by atoms with Gasteiger partial charge in [-0.2, -0.15) is 0 Å². The lowest BCUT2D eigenvalue weighted by Crippen LogP contribution is -2.43. The zero-order valence-electron chi connectivity index (χ0n) is 20.0. The average molecular weight is 461 g/mol. The molecule has 5 nitrogen and oxygen atoms in total. The zero-order valence-corrected chi connectivity index (χ0v) is 20.8. The van der Waals surface area contributed by atoms with E-state index in [1.807, 2.05) is 0 Å². The molecule has 172 valence electrons. The molecule has 1 aromatic heterocycles. The van der Waals surface area contributed by atoms with Gasteiger partial charge in [0.25, 0.3) is 0 Å². The molecule has 0 atom stereocenters. The molecule has 2 aromatic carbocycles. The first-order valence-electron chi connectivity index (χ1n) is 11.8. The van der Waals surface area contributed by atoms with Crippen molar-refractivity contribution in [1.82, 2.24) is 14.8 Å². The molecule has 5 rings (SSSR count). The molecule has 3 heterocycles. The SMILES string of the molecule is Cc1ccc(C)c(N=C2Sc3nc4cc(C)c(C)cc4cc3CN2CCN2CCOCC2)c1. The summed E-state index contributed by atoms with van der Waals surface area (Å²) in [5, 5.41) is 3.35. The monoisotopic (exact) mass is 460 g/mol. The van der Waals surface area contributed by atoms with Crippen LogP contribution in [0.2, 0.25) is 0 Å². The van der Waals surface area contributed by atoms with Crippen LogP contribution in [-0.2, 0) is 11.3 Å². The number of rotatable bonds is 4. The average Bonchev–Trinajstić information content (AvgIpc) is 2.80. The van der Waals surface area contributed by atoms with E-state index in [0.29, 0.717) is 0 Å². The Labute approximate surface area is 200 Å². The Bertz CT molecular complexity index is 1220. The molecule has 0 radical (unpaired) electrons. The Kier molecular flexibility index (Phi) is 6.41. The van der Waals surface area contributed by atoms with Gasteiger partial charge in [0.1, 0.15) is 5.03 Å². The third kappa shape index (κ3) is 4.93. The highest BCUT2D eigenvalue weighted by atomic mass is 32.2. The minimum atomic E-state index is 0.829. The first-order valence-corrected chi connectivity index (χ1v) is 12.6. The molecule has 2 aliphatic heterocycles. The maximum absolute atomic E-state index is 5.53. The number of pyridine rings is 1. The van der Waals surface area contributed by atoms with Crippen molar-refractivity contribution in [2.45, 2.75) is 39.3 Å². The van der Waals surface area contributed by atoms with Crippen LogP contribution in [0.1, 0.15) is 27.8 Å². The van der Waals surface area contributed by atoms with E-state index in [1.165, 1.54) is 33.2 Å². The summed E-state index contributed by atoms with van der Waals surface area (Å²) in [5.74, 6) is 0. The lowest BCUT2D eigenvalue weighted by atomic mass is 10.0. The predicted molar refractivity (Wildman–Crippen MR) is 138 cm³/mol. The van der Waals surface area contributed by atoms with Gasteiger partial charge in [-0.15, -0.1) is 0 Å². The van der Waals surface area contributed by atoms with Gasteiger partial charge in [0, 0.05) is 43.7 Å². The number of aromatic nitrogens is 1. The second-order valence-electron chi connectivity index (χ2n) is 9.24. The van der Waals surface area contributed by atoms with Crippen LogP contribution < -0.4 is 0 Å². The Morgan fingerprint density at radius 3 is 2.55 bits per heavy atom. The van der Waals surface area contributed by atoms with Gasteiger partial charge in [-0.3, -0.25) is 4.90 Å². The summed E-state index contributed by atoms with van der Waals surface area (Å²) in [6, 6.07) is 13.3. The number of hydrogen-bond donors (Lipinski definition) is 0. The number of ether oxygens (including phenoxy) is 1. The van der Waals surface area contributed by atoms with E-state index >= 15 is 0 Å². The second kappa shape index (κ2) is 9.45. The minimum absolute atomic E-state index is 0.829. The molecule has 0 spiro atoms. The highest BCUT2D eigenvalue weighted by Crippen LogP contribution is 2.35. The van der Waals surface area contributed by atoms with Gasteiger partial charge in [-0.05, 0) is 86.0 Å². The summed E-state index contributed by atoms with van der Waals surface area (Å²) in [7, 11) is 0. The van der Waals surface area contributed by atoms with Crippen LogP contribution in [0.4, 0.5) is 5.69 Å². The Balaban J connectivity index is 1.50. The minimum Gasteiger partial charge on any atom is -0.379 e. The molecule has 2 aliphatic rings. The molecule has 0 unspecified atom stereocenters. The lowest BCUT2D eigenvalue weighted by molar-refractivity contribution is 0.0358. The first kappa shape index (κ1) is 22.4. The number of morpholine rings is 1. The summed E-state index contributed by atoms with van der Waals surface area (Å²) in [5.41, 5.74) is 8.43. The third-order valence-corrected chi connectivity index (χ3v) is 7.74. The van der Waals surface area contributed by atoms with E-state index in [1.54, 1.807) is 11.8 Å². The molecule has 0 saturated carbocycles.